The van der Waals surface area contributed by atoms with E-state index in [9.17, 15) is 9.59 Å². The standard InChI is InChI=1S/C24H24N4O2/c1-15-9-13-17(14-10-15)28-21-8-4-6-19(21)22(27-28)24(30)26-20-7-3-2-5-18(20)23(29)25-16-11-12-16/h2-3,5,7,9-10,13-14,16H,4,6,8,11-12H2,1H3,(H,25,29)(H,26,30). The van der Waals surface area contributed by atoms with Gasteiger partial charge in [-0.25, -0.2) is 4.68 Å². The Labute approximate surface area is 175 Å². The first-order valence-corrected chi connectivity index (χ1v) is 10.5. The maximum atomic E-state index is 13.2. The van der Waals surface area contributed by atoms with Crippen molar-refractivity contribution in [2.75, 3.05) is 5.32 Å². The number of rotatable bonds is 5. The van der Waals surface area contributed by atoms with Gasteiger partial charge in [0.15, 0.2) is 5.69 Å². The fourth-order valence-corrected chi connectivity index (χ4v) is 3.98. The maximum absolute atomic E-state index is 13.2. The van der Waals surface area contributed by atoms with E-state index in [1.165, 1.54) is 5.56 Å². The van der Waals surface area contributed by atoms with Gasteiger partial charge in [0, 0.05) is 17.3 Å². The Hall–Kier alpha value is -3.41. The third kappa shape index (κ3) is 3.49. The number of carbonyl (C=O) groups excluding carboxylic acids is 2. The van der Waals surface area contributed by atoms with Gasteiger partial charge in [0.05, 0.1) is 16.9 Å². The molecule has 0 atom stereocenters. The molecule has 0 spiro atoms. The second kappa shape index (κ2) is 7.44. The molecule has 0 unspecified atom stereocenters. The van der Waals surface area contributed by atoms with Gasteiger partial charge in [-0.15, -0.1) is 0 Å². The minimum Gasteiger partial charge on any atom is -0.349 e. The predicted octanol–water partition coefficient (Wildman–Crippen LogP) is 3.81. The summed E-state index contributed by atoms with van der Waals surface area (Å²) in [5, 5.41) is 10.6. The largest absolute Gasteiger partial charge is 0.349 e. The SMILES string of the molecule is Cc1ccc(-n2nc(C(=O)Nc3ccccc3C(=O)NC3CC3)c3c2CCC3)cc1. The Morgan fingerprint density at radius 1 is 1.00 bits per heavy atom. The molecule has 6 heteroatoms. The molecule has 2 aliphatic carbocycles. The molecule has 1 saturated carbocycles. The number of fused-ring (bicyclic) bond motifs is 1. The normalized spacial score (nSPS) is 15.0. The molecule has 1 aromatic heterocycles. The highest BCUT2D eigenvalue weighted by Crippen LogP contribution is 2.29. The van der Waals surface area contributed by atoms with Crippen LogP contribution < -0.4 is 10.6 Å². The summed E-state index contributed by atoms with van der Waals surface area (Å²) in [5.41, 5.74) is 5.69. The number of nitrogens with zero attached hydrogens (tertiary/aromatic N) is 2. The Bertz CT molecular complexity index is 1130. The summed E-state index contributed by atoms with van der Waals surface area (Å²) >= 11 is 0. The third-order valence-corrected chi connectivity index (χ3v) is 5.76. The highest BCUT2D eigenvalue weighted by molar-refractivity contribution is 6.09. The molecule has 1 heterocycles. The van der Waals surface area contributed by atoms with Crippen molar-refractivity contribution in [1.29, 1.82) is 0 Å². The summed E-state index contributed by atoms with van der Waals surface area (Å²) in [6.45, 7) is 2.05. The van der Waals surface area contributed by atoms with Gasteiger partial charge >= 0.3 is 0 Å². The van der Waals surface area contributed by atoms with E-state index in [1.807, 2.05) is 41.9 Å². The number of aryl methyl sites for hydroxylation is 1. The molecule has 0 aliphatic heterocycles. The number of amides is 2. The quantitative estimate of drug-likeness (QED) is 0.684. The number of nitrogens with one attached hydrogen (secondary N) is 2. The van der Waals surface area contributed by atoms with E-state index in [2.05, 4.69) is 15.7 Å². The monoisotopic (exact) mass is 400 g/mol. The fraction of sp³-hybridized carbons (Fsp3) is 0.292. The van der Waals surface area contributed by atoms with Crippen molar-refractivity contribution in [3.05, 3.63) is 76.6 Å². The zero-order valence-corrected chi connectivity index (χ0v) is 16.9. The summed E-state index contributed by atoms with van der Waals surface area (Å²) in [4.78, 5) is 25.7. The van der Waals surface area contributed by atoms with Gasteiger partial charge in [0.1, 0.15) is 0 Å². The number of anilines is 1. The van der Waals surface area contributed by atoms with E-state index >= 15 is 0 Å². The first kappa shape index (κ1) is 18.6. The van der Waals surface area contributed by atoms with Crippen molar-refractivity contribution < 1.29 is 9.59 Å². The van der Waals surface area contributed by atoms with E-state index in [4.69, 9.17) is 0 Å². The number of carbonyl (C=O) groups is 2. The van der Waals surface area contributed by atoms with E-state index in [-0.39, 0.29) is 17.9 Å². The molecule has 2 aromatic carbocycles. The minimum atomic E-state index is -0.273. The molecular weight excluding hydrogens is 376 g/mol. The third-order valence-electron chi connectivity index (χ3n) is 5.76. The van der Waals surface area contributed by atoms with Crippen LogP contribution in [0.4, 0.5) is 5.69 Å². The Kier molecular flexibility index (Phi) is 4.62. The molecule has 1 fully saturated rings. The minimum absolute atomic E-state index is 0.149. The molecule has 3 aromatic rings. The molecule has 0 radical (unpaired) electrons. The van der Waals surface area contributed by atoms with Crippen molar-refractivity contribution in [3.8, 4) is 5.69 Å². The molecular formula is C24H24N4O2. The molecule has 2 N–H and O–H groups in total. The Balaban J connectivity index is 1.44. The summed E-state index contributed by atoms with van der Waals surface area (Å²) < 4.78 is 1.89. The highest BCUT2D eigenvalue weighted by atomic mass is 16.2. The van der Waals surface area contributed by atoms with Gasteiger partial charge in [-0.1, -0.05) is 29.8 Å². The van der Waals surface area contributed by atoms with E-state index in [0.717, 1.165) is 49.0 Å². The van der Waals surface area contributed by atoms with Crippen LogP contribution >= 0.6 is 0 Å². The molecule has 2 aliphatic rings. The van der Waals surface area contributed by atoms with Crippen molar-refractivity contribution >= 4 is 17.5 Å². The highest BCUT2D eigenvalue weighted by Gasteiger charge is 2.28. The van der Waals surface area contributed by atoms with Crippen molar-refractivity contribution in [3.63, 3.8) is 0 Å². The van der Waals surface area contributed by atoms with Crippen LogP contribution in [0.25, 0.3) is 5.69 Å². The van der Waals surface area contributed by atoms with Gasteiger partial charge in [0.25, 0.3) is 11.8 Å². The van der Waals surface area contributed by atoms with E-state index in [1.54, 1.807) is 18.2 Å². The lowest BCUT2D eigenvalue weighted by Gasteiger charge is -2.11. The molecule has 6 nitrogen and oxygen atoms in total. The van der Waals surface area contributed by atoms with E-state index in [0.29, 0.717) is 16.9 Å². The Morgan fingerprint density at radius 2 is 1.77 bits per heavy atom. The number of aromatic nitrogens is 2. The van der Waals surface area contributed by atoms with Gasteiger partial charge < -0.3 is 10.6 Å². The van der Waals surface area contributed by atoms with Gasteiger partial charge in [-0.3, -0.25) is 9.59 Å². The van der Waals surface area contributed by atoms with Gasteiger partial charge in [-0.05, 0) is 63.3 Å². The molecule has 5 rings (SSSR count). The second-order valence-corrected chi connectivity index (χ2v) is 8.12. The summed E-state index contributed by atoms with van der Waals surface area (Å²) in [7, 11) is 0. The predicted molar refractivity (Wildman–Crippen MR) is 115 cm³/mol. The van der Waals surface area contributed by atoms with Crippen LogP contribution in [0.3, 0.4) is 0 Å². The van der Waals surface area contributed by atoms with Gasteiger partial charge in [-0.2, -0.15) is 5.10 Å². The van der Waals surface area contributed by atoms with Crippen molar-refractivity contribution in [1.82, 2.24) is 15.1 Å². The molecule has 152 valence electrons. The summed E-state index contributed by atoms with van der Waals surface area (Å²) in [6, 6.07) is 15.5. The molecule has 0 saturated heterocycles. The van der Waals surface area contributed by atoms with Crippen molar-refractivity contribution in [2.24, 2.45) is 0 Å². The van der Waals surface area contributed by atoms with Crippen LogP contribution in [-0.4, -0.2) is 27.6 Å². The number of hydrogen-bond acceptors (Lipinski definition) is 3. The number of benzene rings is 2. The van der Waals surface area contributed by atoms with Crippen LogP contribution in [0.15, 0.2) is 48.5 Å². The average Bonchev–Trinajstić information content (AvgIpc) is 3.29. The van der Waals surface area contributed by atoms with Crippen LogP contribution in [0.5, 0.6) is 0 Å². The summed E-state index contributed by atoms with van der Waals surface area (Å²) in [5.74, 6) is -0.422. The first-order chi connectivity index (χ1) is 14.6. The van der Waals surface area contributed by atoms with Crippen molar-refractivity contribution in [2.45, 2.75) is 45.1 Å². The van der Waals surface area contributed by atoms with Crippen LogP contribution in [-0.2, 0) is 12.8 Å². The smallest absolute Gasteiger partial charge is 0.276 e. The maximum Gasteiger partial charge on any atom is 0.276 e. The van der Waals surface area contributed by atoms with Crippen LogP contribution in [0.2, 0.25) is 0 Å². The molecule has 2 amide bonds. The molecule has 0 bridgehead atoms. The Morgan fingerprint density at radius 3 is 2.53 bits per heavy atom. The lowest BCUT2D eigenvalue weighted by atomic mass is 10.1. The van der Waals surface area contributed by atoms with Crippen LogP contribution in [0, 0.1) is 6.92 Å². The zero-order valence-electron chi connectivity index (χ0n) is 16.9. The topological polar surface area (TPSA) is 76.0 Å². The molecule has 30 heavy (non-hydrogen) atoms. The van der Waals surface area contributed by atoms with E-state index < -0.39 is 0 Å². The first-order valence-electron chi connectivity index (χ1n) is 10.5. The lowest BCUT2D eigenvalue weighted by Crippen LogP contribution is -2.27. The number of hydrogen-bond donors (Lipinski definition) is 2. The lowest BCUT2D eigenvalue weighted by molar-refractivity contribution is 0.0952. The zero-order chi connectivity index (χ0) is 20.7. The summed E-state index contributed by atoms with van der Waals surface area (Å²) in [6.07, 6.45) is 4.79. The average molecular weight is 400 g/mol. The second-order valence-electron chi connectivity index (χ2n) is 8.12. The van der Waals surface area contributed by atoms with Crippen LogP contribution in [0.1, 0.15) is 56.9 Å². The van der Waals surface area contributed by atoms with Gasteiger partial charge in [0.2, 0.25) is 0 Å². The fourth-order valence-electron chi connectivity index (χ4n) is 3.98. The number of para-hydroxylation sites is 1.